The summed E-state index contributed by atoms with van der Waals surface area (Å²) in [5.41, 5.74) is 1.89. The zero-order chi connectivity index (χ0) is 17.6. The number of fused-ring (bicyclic) bond motifs is 1. The van der Waals surface area contributed by atoms with Crippen LogP contribution < -0.4 is 14.8 Å². The average Bonchev–Trinajstić information content (AvgIpc) is 3.27. The van der Waals surface area contributed by atoms with Gasteiger partial charge >= 0.3 is 6.09 Å². The molecule has 134 valence electrons. The van der Waals surface area contributed by atoms with Crippen LogP contribution in [-0.2, 0) is 6.54 Å². The van der Waals surface area contributed by atoms with Gasteiger partial charge in [0.2, 0.25) is 6.79 Å². The highest BCUT2D eigenvalue weighted by Crippen LogP contribution is 2.32. The van der Waals surface area contributed by atoms with Crippen LogP contribution >= 0.6 is 0 Å². The maximum atomic E-state index is 11.5. The third-order valence-corrected chi connectivity index (χ3v) is 4.12. The number of hydrogen-bond acceptors (Lipinski definition) is 5. The first-order valence-corrected chi connectivity index (χ1v) is 8.21. The van der Waals surface area contributed by atoms with Gasteiger partial charge in [-0.05, 0) is 37.6 Å². The van der Waals surface area contributed by atoms with Crippen molar-refractivity contribution >= 4 is 6.09 Å². The van der Waals surface area contributed by atoms with E-state index in [1.165, 1.54) is 4.90 Å². The largest absolute Gasteiger partial charge is 0.465 e. The Hall–Kier alpha value is -2.74. The van der Waals surface area contributed by atoms with Crippen molar-refractivity contribution in [3.63, 3.8) is 0 Å². The van der Waals surface area contributed by atoms with E-state index >= 15 is 0 Å². The van der Waals surface area contributed by atoms with Crippen LogP contribution in [0.3, 0.4) is 0 Å². The Kier molecular flexibility index (Phi) is 5.39. The molecule has 0 saturated heterocycles. The molecule has 1 aromatic carbocycles. The number of imidazole rings is 1. The van der Waals surface area contributed by atoms with Gasteiger partial charge in [0.15, 0.2) is 11.5 Å². The van der Waals surface area contributed by atoms with Crippen LogP contribution in [0.2, 0.25) is 0 Å². The minimum absolute atomic E-state index is 0.148. The first kappa shape index (κ1) is 17.1. The van der Waals surface area contributed by atoms with Crippen LogP contribution in [0.15, 0.2) is 30.7 Å². The Morgan fingerprint density at radius 1 is 1.44 bits per heavy atom. The van der Waals surface area contributed by atoms with Crippen molar-refractivity contribution in [1.29, 1.82) is 0 Å². The molecule has 0 fully saturated rings. The molecule has 0 bridgehead atoms. The van der Waals surface area contributed by atoms with Gasteiger partial charge in [-0.25, -0.2) is 9.78 Å². The molecule has 1 aliphatic rings. The van der Waals surface area contributed by atoms with E-state index in [0.717, 1.165) is 17.7 Å². The maximum absolute atomic E-state index is 11.5. The number of H-pyrrole nitrogens is 1. The van der Waals surface area contributed by atoms with Crippen molar-refractivity contribution in [3.8, 4) is 11.5 Å². The monoisotopic (exact) mass is 346 g/mol. The number of ether oxygens (including phenoxy) is 2. The lowest BCUT2D eigenvalue weighted by molar-refractivity contribution is 0.141. The number of nitrogens with zero attached hydrogens (tertiary/aromatic N) is 2. The Morgan fingerprint density at radius 2 is 2.28 bits per heavy atom. The summed E-state index contributed by atoms with van der Waals surface area (Å²) in [5.74, 6) is 1.36. The second-order valence-corrected chi connectivity index (χ2v) is 5.93. The number of nitrogens with one attached hydrogen (secondary N) is 2. The SMILES string of the molecule is CC(NCCCN(Cc1ccc2c(c1)OCO2)C(=O)O)c1cnc[nH]1. The molecule has 25 heavy (non-hydrogen) atoms. The van der Waals surface area contributed by atoms with E-state index in [0.29, 0.717) is 31.1 Å². The summed E-state index contributed by atoms with van der Waals surface area (Å²) in [6.07, 6.45) is 3.21. The molecule has 0 radical (unpaired) electrons. The molecule has 0 saturated carbocycles. The Balaban J connectivity index is 1.47. The Morgan fingerprint density at radius 3 is 3.04 bits per heavy atom. The van der Waals surface area contributed by atoms with Crippen LogP contribution in [0.5, 0.6) is 11.5 Å². The highest BCUT2D eigenvalue weighted by Gasteiger charge is 2.17. The molecule has 2 aromatic rings. The highest BCUT2D eigenvalue weighted by molar-refractivity contribution is 5.65. The molecule has 0 spiro atoms. The lowest BCUT2D eigenvalue weighted by Crippen LogP contribution is -2.32. The molecule has 1 aromatic heterocycles. The smallest absolute Gasteiger partial charge is 0.407 e. The van der Waals surface area contributed by atoms with Crippen molar-refractivity contribution in [2.45, 2.75) is 25.9 Å². The molecule has 8 heteroatoms. The van der Waals surface area contributed by atoms with E-state index in [1.54, 1.807) is 12.5 Å². The molecule has 1 amide bonds. The van der Waals surface area contributed by atoms with E-state index in [9.17, 15) is 9.90 Å². The Labute approximate surface area is 145 Å². The standard InChI is InChI=1S/C17H22N4O4/c1-12(14-8-18-10-20-14)19-5-2-6-21(17(22)23)9-13-3-4-15-16(7-13)25-11-24-15/h3-4,7-8,10,12,19H,2,5-6,9,11H2,1H3,(H,18,20)(H,22,23). The maximum Gasteiger partial charge on any atom is 0.407 e. The predicted octanol–water partition coefficient (Wildman–Crippen LogP) is 2.36. The van der Waals surface area contributed by atoms with E-state index in [1.807, 2.05) is 25.1 Å². The fourth-order valence-corrected chi connectivity index (χ4v) is 2.70. The highest BCUT2D eigenvalue weighted by atomic mass is 16.7. The lowest BCUT2D eigenvalue weighted by atomic mass is 10.2. The number of carbonyl (C=O) groups is 1. The minimum atomic E-state index is -0.931. The molecule has 3 N–H and O–H groups in total. The van der Waals surface area contributed by atoms with Gasteiger partial charge in [-0.2, -0.15) is 0 Å². The van der Waals surface area contributed by atoms with Crippen LogP contribution in [0.1, 0.15) is 30.6 Å². The van der Waals surface area contributed by atoms with Crippen molar-refractivity contribution < 1.29 is 19.4 Å². The second-order valence-electron chi connectivity index (χ2n) is 5.93. The summed E-state index contributed by atoms with van der Waals surface area (Å²) in [6, 6.07) is 5.65. The third kappa shape index (κ3) is 4.42. The first-order valence-electron chi connectivity index (χ1n) is 8.21. The number of amides is 1. The van der Waals surface area contributed by atoms with Gasteiger partial charge in [0.1, 0.15) is 0 Å². The molecular weight excluding hydrogens is 324 g/mol. The minimum Gasteiger partial charge on any atom is -0.465 e. The van der Waals surface area contributed by atoms with Crippen LogP contribution in [0, 0.1) is 0 Å². The molecular formula is C17H22N4O4. The topological polar surface area (TPSA) is 99.7 Å². The van der Waals surface area contributed by atoms with Crippen LogP contribution in [-0.4, -0.2) is 46.0 Å². The molecule has 1 atom stereocenters. The Bertz CT molecular complexity index is 705. The van der Waals surface area contributed by atoms with Gasteiger partial charge in [-0.15, -0.1) is 0 Å². The van der Waals surface area contributed by atoms with Gasteiger partial charge in [-0.1, -0.05) is 6.07 Å². The van der Waals surface area contributed by atoms with Crippen molar-refractivity contribution in [2.24, 2.45) is 0 Å². The van der Waals surface area contributed by atoms with Gasteiger partial charge in [0.05, 0.1) is 12.0 Å². The fourth-order valence-electron chi connectivity index (χ4n) is 2.70. The fraction of sp³-hybridized carbons (Fsp3) is 0.412. The summed E-state index contributed by atoms with van der Waals surface area (Å²) >= 11 is 0. The van der Waals surface area contributed by atoms with Gasteiger partial charge < -0.3 is 29.8 Å². The number of hydrogen-bond donors (Lipinski definition) is 3. The lowest BCUT2D eigenvalue weighted by Gasteiger charge is -2.20. The van der Waals surface area contributed by atoms with Crippen LogP contribution in [0.25, 0.3) is 0 Å². The molecule has 3 rings (SSSR count). The molecule has 8 nitrogen and oxygen atoms in total. The summed E-state index contributed by atoms with van der Waals surface area (Å²) in [6.45, 7) is 3.73. The summed E-state index contributed by atoms with van der Waals surface area (Å²) in [7, 11) is 0. The number of rotatable bonds is 8. The summed E-state index contributed by atoms with van der Waals surface area (Å²) < 4.78 is 10.6. The predicted molar refractivity (Wildman–Crippen MR) is 90.6 cm³/mol. The first-order chi connectivity index (χ1) is 12.1. The van der Waals surface area contributed by atoms with Crippen molar-refractivity contribution in [2.75, 3.05) is 19.9 Å². The zero-order valence-electron chi connectivity index (χ0n) is 14.1. The summed E-state index contributed by atoms with van der Waals surface area (Å²) in [4.78, 5) is 19.9. The summed E-state index contributed by atoms with van der Waals surface area (Å²) in [5, 5.41) is 12.8. The molecule has 1 aliphatic heterocycles. The molecule has 2 heterocycles. The number of carboxylic acid groups (broad SMARTS) is 1. The van der Waals surface area contributed by atoms with Crippen molar-refractivity contribution in [3.05, 3.63) is 42.0 Å². The van der Waals surface area contributed by atoms with E-state index in [-0.39, 0.29) is 12.8 Å². The van der Waals surface area contributed by atoms with E-state index in [4.69, 9.17) is 9.47 Å². The number of aromatic amines is 1. The zero-order valence-corrected chi connectivity index (χ0v) is 14.1. The van der Waals surface area contributed by atoms with Crippen LogP contribution in [0.4, 0.5) is 4.79 Å². The molecule has 1 unspecified atom stereocenters. The van der Waals surface area contributed by atoms with Gasteiger partial charge in [0, 0.05) is 25.3 Å². The second kappa shape index (κ2) is 7.89. The number of aromatic nitrogens is 2. The number of benzene rings is 1. The average molecular weight is 346 g/mol. The normalized spacial score (nSPS) is 13.6. The van der Waals surface area contributed by atoms with E-state index < -0.39 is 6.09 Å². The van der Waals surface area contributed by atoms with E-state index in [2.05, 4.69) is 15.3 Å². The van der Waals surface area contributed by atoms with Gasteiger partial charge in [0.25, 0.3) is 0 Å². The van der Waals surface area contributed by atoms with Gasteiger partial charge in [-0.3, -0.25) is 0 Å². The molecule has 0 aliphatic carbocycles. The third-order valence-electron chi connectivity index (χ3n) is 4.12. The van der Waals surface area contributed by atoms with Crippen molar-refractivity contribution in [1.82, 2.24) is 20.2 Å². The quantitative estimate of drug-likeness (QED) is 0.635.